The fourth-order valence-corrected chi connectivity index (χ4v) is 1.93. The number of aryl methyl sites for hydroxylation is 1. The van der Waals surface area contributed by atoms with E-state index < -0.39 is 0 Å². The Morgan fingerprint density at radius 1 is 1.42 bits per heavy atom. The molecule has 1 aromatic carbocycles. The van der Waals surface area contributed by atoms with E-state index in [2.05, 4.69) is 5.32 Å². The van der Waals surface area contributed by atoms with Crippen molar-refractivity contribution in [3.8, 4) is 0 Å². The fraction of sp³-hybridized carbons (Fsp3) is 0.500. The number of hydrogen-bond acceptors (Lipinski definition) is 4. The number of rotatable bonds is 5. The molecule has 2 aromatic rings. The Hall–Kier alpha value is -1.59. The predicted molar refractivity (Wildman–Crippen MR) is 74.3 cm³/mol. The first-order valence-electron chi connectivity index (χ1n) is 6.37. The van der Waals surface area contributed by atoms with Gasteiger partial charge in [-0.15, -0.1) is 0 Å². The first-order chi connectivity index (χ1) is 8.93. The summed E-state index contributed by atoms with van der Waals surface area (Å²) in [5.74, 6) is -0.341. The first-order valence-corrected chi connectivity index (χ1v) is 6.37. The summed E-state index contributed by atoms with van der Waals surface area (Å²) in [7, 11) is 1.69. The average molecular weight is 264 g/mol. The van der Waals surface area contributed by atoms with Crippen LogP contribution in [0.15, 0.2) is 27.4 Å². The Kier molecular flexibility index (Phi) is 3.78. The van der Waals surface area contributed by atoms with E-state index in [4.69, 9.17) is 9.52 Å². The Morgan fingerprint density at radius 2 is 2.16 bits per heavy atom. The number of hydrogen-bond donors (Lipinski definition) is 2. The Balaban J connectivity index is 2.08. The highest BCUT2D eigenvalue weighted by molar-refractivity contribution is 5.73. The lowest BCUT2D eigenvalue weighted by molar-refractivity contribution is 0.189. The summed E-state index contributed by atoms with van der Waals surface area (Å²) in [6, 6.07) is 5.78. The van der Waals surface area contributed by atoms with Crippen LogP contribution < -0.4 is 11.1 Å². The number of benzene rings is 1. The molecule has 0 aliphatic heterocycles. The Bertz CT molecular complexity index is 625. The third-order valence-electron chi connectivity index (χ3n) is 3.27. The molecule has 0 saturated carbocycles. The van der Waals surface area contributed by atoms with Crippen molar-refractivity contribution in [3.05, 3.63) is 34.3 Å². The van der Waals surface area contributed by atoms with Crippen LogP contribution in [0.1, 0.15) is 19.4 Å². The molecule has 5 nitrogen and oxygen atoms in total. The van der Waals surface area contributed by atoms with Crippen LogP contribution in [-0.2, 0) is 13.5 Å². The second-order valence-electron chi connectivity index (χ2n) is 5.45. The molecule has 0 aliphatic carbocycles. The maximum Gasteiger partial charge on any atom is 0.419 e. The molecule has 1 aromatic heterocycles. The van der Waals surface area contributed by atoms with Crippen LogP contribution in [0.4, 0.5) is 0 Å². The van der Waals surface area contributed by atoms with E-state index in [0.717, 1.165) is 24.0 Å². The van der Waals surface area contributed by atoms with Crippen LogP contribution in [0.25, 0.3) is 11.1 Å². The Labute approximate surface area is 111 Å². The van der Waals surface area contributed by atoms with Gasteiger partial charge in [0.25, 0.3) is 0 Å². The second kappa shape index (κ2) is 5.19. The molecule has 0 unspecified atom stereocenters. The Morgan fingerprint density at radius 3 is 2.84 bits per heavy atom. The van der Waals surface area contributed by atoms with Crippen molar-refractivity contribution in [1.29, 1.82) is 0 Å². The maximum atomic E-state index is 11.4. The molecule has 0 amide bonds. The standard InChI is InChI=1S/C14H20N2O3/c1-14(2,9-17)15-7-6-10-4-5-11-12(8-10)19-13(18)16(11)3/h4-5,8,15,17H,6-7,9H2,1-3H3. The van der Waals surface area contributed by atoms with E-state index in [0.29, 0.717) is 5.58 Å². The lowest BCUT2D eigenvalue weighted by Crippen LogP contribution is -2.43. The minimum Gasteiger partial charge on any atom is -0.408 e. The van der Waals surface area contributed by atoms with Gasteiger partial charge in [-0.3, -0.25) is 4.57 Å². The molecule has 0 aliphatic rings. The van der Waals surface area contributed by atoms with Crippen LogP contribution in [0.5, 0.6) is 0 Å². The van der Waals surface area contributed by atoms with Gasteiger partial charge in [0.15, 0.2) is 5.58 Å². The minimum absolute atomic E-state index is 0.0968. The van der Waals surface area contributed by atoms with E-state index in [1.807, 2.05) is 32.0 Å². The smallest absolute Gasteiger partial charge is 0.408 e. The summed E-state index contributed by atoms with van der Waals surface area (Å²) in [6.07, 6.45) is 0.817. The van der Waals surface area contributed by atoms with Crippen LogP contribution in [0, 0.1) is 0 Å². The molecule has 1 heterocycles. The van der Waals surface area contributed by atoms with Gasteiger partial charge in [0.2, 0.25) is 0 Å². The van der Waals surface area contributed by atoms with Gasteiger partial charge in [-0.1, -0.05) is 6.07 Å². The fourth-order valence-electron chi connectivity index (χ4n) is 1.93. The maximum absolute atomic E-state index is 11.4. The van der Waals surface area contributed by atoms with Crippen molar-refractivity contribution in [2.45, 2.75) is 25.8 Å². The van der Waals surface area contributed by atoms with E-state index in [9.17, 15) is 4.79 Å². The van der Waals surface area contributed by atoms with Gasteiger partial charge in [0.1, 0.15) is 0 Å². The van der Waals surface area contributed by atoms with Crippen molar-refractivity contribution in [3.63, 3.8) is 0 Å². The highest BCUT2D eigenvalue weighted by Crippen LogP contribution is 2.14. The van der Waals surface area contributed by atoms with E-state index in [1.54, 1.807) is 7.05 Å². The molecule has 104 valence electrons. The molecule has 0 radical (unpaired) electrons. The van der Waals surface area contributed by atoms with Crippen LogP contribution in [-0.4, -0.2) is 28.4 Å². The van der Waals surface area contributed by atoms with Gasteiger partial charge in [-0.05, 0) is 44.5 Å². The summed E-state index contributed by atoms with van der Waals surface area (Å²) >= 11 is 0. The highest BCUT2D eigenvalue weighted by atomic mass is 16.4. The first kappa shape index (κ1) is 13.8. The van der Waals surface area contributed by atoms with Gasteiger partial charge < -0.3 is 14.8 Å². The minimum atomic E-state index is -0.341. The summed E-state index contributed by atoms with van der Waals surface area (Å²) in [6.45, 7) is 4.76. The monoisotopic (exact) mass is 264 g/mol. The number of aromatic nitrogens is 1. The van der Waals surface area contributed by atoms with Crippen molar-refractivity contribution >= 4 is 11.1 Å². The molecule has 2 rings (SSSR count). The number of nitrogens with one attached hydrogen (secondary N) is 1. The molecular weight excluding hydrogens is 244 g/mol. The quantitative estimate of drug-likeness (QED) is 0.846. The zero-order valence-electron chi connectivity index (χ0n) is 11.6. The third-order valence-corrected chi connectivity index (χ3v) is 3.27. The summed E-state index contributed by atoms with van der Waals surface area (Å²) in [4.78, 5) is 11.4. The van der Waals surface area contributed by atoms with E-state index in [1.165, 1.54) is 4.57 Å². The zero-order valence-corrected chi connectivity index (χ0v) is 11.6. The van der Waals surface area contributed by atoms with E-state index >= 15 is 0 Å². The summed E-state index contributed by atoms with van der Waals surface area (Å²) in [5, 5.41) is 12.4. The molecular formula is C14H20N2O3. The number of oxazole rings is 1. The lowest BCUT2D eigenvalue weighted by Gasteiger charge is -2.23. The second-order valence-corrected chi connectivity index (χ2v) is 5.45. The summed E-state index contributed by atoms with van der Waals surface area (Å²) < 4.78 is 6.65. The molecule has 0 saturated heterocycles. The topological polar surface area (TPSA) is 67.4 Å². The third kappa shape index (κ3) is 3.05. The van der Waals surface area contributed by atoms with Crippen molar-refractivity contribution < 1.29 is 9.52 Å². The molecule has 19 heavy (non-hydrogen) atoms. The van der Waals surface area contributed by atoms with Crippen molar-refractivity contribution in [2.24, 2.45) is 7.05 Å². The number of nitrogens with zero attached hydrogens (tertiary/aromatic N) is 1. The van der Waals surface area contributed by atoms with Gasteiger partial charge in [-0.2, -0.15) is 0 Å². The average Bonchev–Trinajstić information content (AvgIpc) is 2.65. The van der Waals surface area contributed by atoms with Crippen LogP contribution >= 0.6 is 0 Å². The zero-order chi connectivity index (χ0) is 14.0. The van der Waals surface area contributed by atoms with Gasteiger partial charge in [-0.25, -0.2) is 4.79 Å². The SMILES string of the molecule is Cn1c(=O)oc2cc(CCNC(C)(C)CO)ccc21. The van der Waals surface area contributed by atoms with Crippen LogP contribution in [0.2, 0.25) is 0 Å². The molecule has 2 N–H and O–H groups in total. The lowest BCUT2D eigenvalue weighted by atomic mass is 10.1. The van der Waals surface area contributed by atoms with E-state index in [-0.39, 0.29) is 17.9 Å². The number of aliphatic hydroxyl groups excluding tert-OH is 1. The molecule has 0 spiro atoms. The van der Waals surface area contributed by atoms with Crippen molar-refractivity contribution in [2.75, 3.05) is 13.2 Å². The summed E-state index contributed by atoms with van der Waals surface area (Å²) in [5.41, 5.74) is 2.25. The molecule has 0 atom stereocenters. The van der Waals surface area contributed by atoms with Gasteiger partial charge in [0.05, 0.1) is 12.1 Å². The normalized spacial score (nSPS) is 12.2. The molecule has 5 heteroatoms. The largest absolute Gasteiger partial charge is 0.419 e. The van der Waals surface area contributed by atoms with Crippen molar-refractivity contribution in [1.82, 2.24) is 9.88 Å². The molecule has 0 fully saturated rings. The number of fused-ring (bicyclic) bond motifs is 1. The van der Waals surface area contributed by atoms with Gasteiger partial charge >= 0.3 is 5.76 Å². The molecule has 0 bridgehead atoms. The predicted octanol–water partition coefficient (Wildman–Crippen LogP) is 1.03. The highest BCUT2D eigenvalue weighted by Gasteiger charge is 2.14. The van der Waals surface area contributed by atoms with Crippen LogP contribution in [0.3, 0.4) is 0 Å². The van der Waals surface area contributed by atoms with Gasteiger partial charge in [0, 0.05) is 12.6 Å². The number of aliphatic hydroxyl groups is 1.